The summed E-state index contributed by atoms with van der Waals surface area (Å²) in [5, 5.41) is 3.74. The molecule has 1 aliphatic heterocycles. The van der Waals surface area contributed by atoms with Crippen molar-refractivity contribution in [2.45, 2.75) is 76.1 Å². The number of aryl methyl sites for hydroxylation is 1. The van der Waals surface area contributed by atoms with Gasteiger partial charge >= 0.3 is 0 Å². The van der Waals surface area contributed by atoms with Gasteiger partial charge in [0.25, 0.3) is 0 Å². The molecule has 3 nitrogen and oxygen atoms in total. The van der Waals surface area contributed by atoms with Crippen LogP contribution in [0, 0.1) is 6.92 Å². The van der Waals surface area contributed by atoms with E-state index in [4.69, 9.17) is 4.74 Å². The summed E-state index contributed by atoms with van der Waals surface area (Å²) in [5.74, 6) is 1.09. The summed E-state index contributed by atoms with van der Waals surface area (Å²) in [6.07, 6.45) is 9.66. The molecule has 4 rings (SSSR count). The Morgan fingerprint density at radius 3 is 2.74 bits per heavy atom. The topological polar surface area (TPSA) is 24.5 Å². The number of piperazine rings is 1. The molecule has 23 heavy (non-hydrogen) atoms. The van der Waals surface area contributed by atoms with Gasteiger partial charge < -0.3 is 10.1 Å². The molecule has 0 bridgehead atoms. The van der Waals surface area contributed by atoms with Gasteiger partial charge in [-0.15, -0.1) is 0 Å². The van der Waals surface area contributed by atoms with Gasteiger partial charge in [-0.3, -0.25) is 4.90 Å². The highest BCUT2D eigenvalue weighted by atomic mass is 16.5. The summed E-state index contributed by atoms with van der Waals surface area (Å²) in [6.45, 7) is 4.50. The lowest BCUT2D eigenvalue weighted by atomic mass is 9.88. The predicted octanol–water partition coefficient (Wildman–Crippen LogP) is 3.51. The smallest absolute Gasteiger partial charge is 0.122 e. The minimum absolute atomic E-state index is 0.365. The summed E-state index contributed by atoms with van der Waals surface area (Å²) in [7, 11) is 0. The Kier molecular flexibility index (Phi) is 4.59. The largest absolute Gasteiger partial charge is 0.489 e. The van der Waals surface area contributed by atoms with Gasteiger partial charge in [0.1, 0.15) is 11.9 Å². The van der Waals surface area contributed by atoms with Crippen molar-refractivity contribution < 1.29 is 4.74 Å². The van der Waals surface area contributed by atoms with E-state index in [9.17, 15) is 0 Å². The molecule has 3 fully saturated rings. The first-order valence-electron chi connectivity index (χ1n) is 9.54. The van der Waals surface area contributed by atoms with E-state index in [1.807, 2.05) is 0 Å². The Morgan fingerprint density at radius 1 is 1.00 bits per heavy atom. The second-order valence-electron chi connectivity index (χ2n) is 7.57. The van der Waals surface area contributed by atoms with Crippen LogP contribution >= 0.6 is 0 Å². The lowest BCUT2D eigenvalue weighted by Gasteiger charge is -2.47. The Hall–Kier alpha value is -1.06. The molecule has 1 N–H and O–H groups in total. The van der Waals surface area contributed by atoms with Crippen LogP contribution in [0.25, 0.3) is 0 Å². The minimum atomic E-state index is 0.365. The SMILES string of the molecule is Cc1ccccc1O[C@@H]1CCCC[C@@H]1N1CCN[C@@H]2CCC[C@H]21. The van der Waals surface area contributed by atoms with Crippen molar-refractivity contribution in [3.8, 4) is 5.75 Å². The highest BCUT2D eigenvalue weighted by molar-refractivity contribution is 5.32. The molecule has 0 unspecified atom stereocenters. The van der Waals surface area contributed by atoms with E-state index >= 15 is 0 Å². The van der Waals surface area contributed by atoms with Gasteiger partial charge in [-0.2, -0.15) is 0 Å². The molecule has 1 saturated heterocycles. The first-order chi connectivity index (χ1) is 11.3. The number of ether oxygens (including phenoxy) is 1. The Balaban J connectivity index is 1.52. The summed E-state index contributed by atoms with van der Waals surface area (Å²) >= 11 is 0. The molecule has 4 atom stereocenters. The van der Waals surface area contributed by atoms with E-state index in [1.165, 1.54) is 57.1 Å². The van der Waals surface area contributed by atoms with Gasteiger partial charge in [0.2, 0.25) is 0 Å². The molecule has 0 amide bonds. The summed E-state index contributed by atoms with van der Waals surface area (Å²) < 4.78 is 6.54. The summed E-state index contributed by atoms with van der Waals surface area (Å²) in [4.78, 5) is 2.82. The minimum Gasteiger partial charge on any atom is -0.489 e. The zero-order chi connectivity index (χ0) is 15.6. The van der Waals surface area contributed by atoms with Crippen LogP contribution in [0.1, 0.15) is 50.5 Å². The normalized spacial score (nSPS) is 35.0. The fraction of sp³-hybridized carbons (Fsp3) is 0.700. The molecule has 0 aromatic heterocycles. The maximum absolute atomic E-state index is 6.54. The van der Waals surface area contributed by atoms with E-state index in [0.717, 1.165) is 24.4 Å². The maximum Gasteiger partial charge on any atom is 0.122 e. The molecule has 1 aromatic rings. The third-order valence-electron chi connectivity index (χ3n) is 6.15. The highest BCUT2D eigenvalue weighted by Gasteiger charge is 2.41. The van der Waals surface area contributed by atoms with Crippen molar-refractivity contribution in [1.82, 2.24) is 10.2 Å². The van der Waals surface area contributed by atoms with Crippen LogP contribution in [0.5, 0.6) is 5.75 Å². The van der Waals surface area contributed by atoms with Crippen molar-refractivity contribution >= 4 is 0 Å². The van der Waals surface area contributed by atoms with Crippen LogP contribution in [-0.2, 0) is 0 Å². The summed E-state index contributed by atoms with van der Waals surface area (Å²) in [5.41, 5.74) is 1.26. The number of rotatable bonds is 3. The fourth-order valence-electron chi connectivity index (χ4n) is 4.98. The molecule has 1 heterocycles. The first kappa shape index (κ1) is 15.5. The van der Waals surface area contributed by atoms with Crippen molar-refractivity contribution in [2.75, 3.05) is 13.1 Å². The van der Waals surface area contributed by atoms with Gasteiger partial charge in [0.15, 0.2) is 0 Å². The molecule has 0 spiro atoms. The van der Waals surface area contributed by atoms with Gasteiger partial charge in [0.05, 0.1) is 0 Å². The molecule has 0 radical (unpaired) electrons. The zero-order valence-corrected chi connectivity index (χ0v) is 14.3. The quantitative estimate of drug-likeness (QED) is 0.924. The number of benzene rings is 1. The molecule has 2 aliphatic carbocycles. The molecule has 3 aliphatic rings. The molecule has 3 heteroatoms. The Labute approximate surface area is 140 Å². The number of nitrogens with zero attached hydrogens (tertiary/aromatic N) is 1. The van der Waals surface area contributed by atoms with Crippen LogP contribution in [0.4, 0.5) is 0 Å². The van der Waals surface area contributed by atoms with Crippen molar-refractivity contribution in [3.63, 3.8) is 0 Å². The fourth-order valence-corrected chi connectivity index (χ4v) is 4.98. The zero-order valence-electron chi connectivity index (χ0n) is 14.3. The van der Waals surface area contributed by atoms with E-state index in [-0.39, 0.29) is 0 Å². The van der Waals surface area contributed by atoms with Crippen molar-refractivity contribution in [3.05, 3.63) is 29.8 Å². The number of fused-ring (bicyclic) bond motifs is 1. The van der Waals surface area contributed by atoms with Gasteiger partial charge in [-0.25, -0.2) is 0 Å². The van der Waals surface area contributed by atoms with Crippen LogP contribution in [0.3, 0.4) is 0 Å². The molecular weight excluding hydrogens is 284 g/mol. The first-order valence-corrected chi connectivity index (χ1v) is 9.54. The van der Waals surface area contributed by atoms with Gasteiger partial charge in [-0.05, 0) is 50.7 Å². The van der Waals surface area contributed by atoms with Gasteiger partial charge in [0, 0.05) is 31.2 Å². The average molecular weight is 314 g/mol. The maximum atomic E-state index is 6.54. The van der Waals surface area contributed by atoms with Crippen LogP contribution in [0.15, 0.2) is 24.3 Å². The molecule has 1 aromatic carbocycles. The highest BCUT2D eigenvalue weighted by Crippen LogP contribution is 2.34. The van der Waals surface area contributed by atoms with E-state index < -0.39 is 0 Å². The monoisotopic (exact) mass is 314 g/mol. The van der Waals surface area contributed by atoms with Crippen LogP contribution in [-0.4, -0.2) is 42.2 Å². The summed E-state index contributed by atoms with van der Waals surface area (Å²) in [6, 6.07) is 10.6. The van der Waals surface area contributed by atoms with Crippen LogP contribution in [0.2, 0.25) is 0 Å². The predicted molar refractivity (Wildman–Crippen MR) is 94.0 cm³/mol. The second-order valence-corrected chi connectivity index (χ2v) is 7.57. The number of nitrogens with one attached hydrogen (secondary N) is 1. The average Bonchev–Trinajstić information content (AvgIpc) is 3.06. The number of hydrogen-bond acceptors (Lipinski definition) is 3. The van der Waals surface area contributed by atoms with Gasteiger partial charge in [-0.1, -0.05) is 31.0 Å². The van der Waals surface area contributed by atoms with E-state index in [1.54, 1.807) is 0 Å². The lowest BCUT2D eigenvalue weighted by Crippen LogP contribution is -2.62. The van der Waals surface area contributed by atoms with Crippen molar-refractivity contribution in [1.29, 1.82) is 0 Å². The van der Waals surface area contributed by atoms with E-state index in [2.05, 4.69) is 41.4 Å². The molecular formula is C20H30N2O. The Morgan fingerprint density at radius 2 is 1.83 bits per heavy atom. The molecule has 2 saturated carbocycles. The van der Waals surface area contributed by atoms with Crippen LogP contribution < -0.4 is 10.1 Å². The standard InChI is InChI=1S/C20H30N2O/c1-15-7-2-4-11-19(15)23-20-12-5-3-9-18(20)22-14-13-21-16-8-6-10-17(16)22/h2,4,7,11,16-18,20-21H,3,5-6,8-10,12-14H2,1H3/t16-,17-,18+,20-/m1/s1. The molecule has 126 valence electrons. The van der Waals surface area contributed by atoms with E-state index in [0.29, 0.717) is 12.1 Å². The third kappa shape index (κ3) is 3.14. The number of para-hydroxylation sites is 1. The lowest BCUT2D eigenvalue weighted by molar-refractivity contribution is -0.00517. The second kappa shape index (κ2) is 6.82. The third-order valence-corrected chi connectivity index (χ3v) is 6.15. The number of hydrogen-bond donors (Lipinski definition) is 1. The van der Waals surface area contributed by atoms with Crippen molar-refractivity contribution in [2.24, 2.45) is 0 Å². The Bertz CT molecular complexity index is 532.